The average Bonchev–Trinajstić information content (AvgIpc) is 2.69. The van der Waals surface area contributed by atoms with Crippen molar-refractivity contribution < 1.29 is 27.4 Å². The highest BCUT2D eigenvalue weighted by Gasteiger charge is 2.41. The Kier molecular flexibility index (Phi) is 4.71. The van der Waals surface area contributed by atoms with Crippen LogP contribution in [0.3, 0.4) is 0 Å². The molecule has 0 N–H and O–H groups in total. The van der Waals surface area contributed by atoms with E-state index in [2.05, 4.69) is 4.74 Å². The van der Waals surface area contributed by atoms with E-state index in [0.29, 0.717) is 19.4 Å². The number of esters is 1. The summed E-state index contributed by atoms with van der Waals surface area (Å²) in [7, 11) is -1.58. The molecule has 2 fully saturated rings. The molecular weight excluding hydrogens is 284 g/mol. The summed E-state index contributed by atoms with van der Waals surface area (Å²) < 4.78 is 39.3. The van der Waals surface area contributed by atoms with Crippen molar-refractivity contribution >= 4 is 15.8 Å². The fraction of sp³-hybridized carbons (Fsp3) is 0.923. The Hall–Kier alpha value is -0.660. The normalized spacial score (nSPS) is 36.7. The van der Waals surface area contributed by atoms with Crippen LogP contribution in [0.4, 0.5) is 0 Å². The van der Waals surface area contributed by atoms with Gasteiger partial charge in [-0.05, 0) is 25.7 Å². The minimum atomic E-state index is -2.92. The SMILES string of the molecule is COC(=O)CC1COC(C)(CC2CCCS(=O)(=O)C2)O1. The summed E-state index contributed by atoms with van der Waals surface area (Å²) in [6, 6.07) is 0. The highest BCUT2D eigenvalue weighted by molar-refractivity contribution is 7.91. The number of hydrogen-bond donors (Lipinski definition) is 0. The number of hydrogen-bond acceptors (Lipinski definition) is 6. The molecule has 2 aliphatic heterocycles. The Balaban J connectivity index is 1.88. The molecule has 2 rings (SSSR count). The highest BCUT2D eigenvalue weighted by atomic mass is 32.2. The minimum absolute atomic E-state index is 0.0654. The van der Waals surface area contributed by atoms with Crippen LogP contribution in [0.5, 0.6) is 0 Å². The van der Waals surface area contributed by atoms with Crippen molar-refractivity contribution in [2.24, 2.45) is 5.92 Å². The summed E-state index contributed by atoms with van der Waals surface area (Å²) in [5, 5.41) is 0. The molecule has 0 aliphatic carbocycles. The predicted octanol–water partition coefficient (Wildman–Crippen LogP) is 0.896. The third kappa shape index (κ3) is 4.17. The van der Waals surface area contributed by atoms with E-state index < -0.39 is 15.6 Å². The Morgan fingerprint density at radius 2 is 2.20 bits per heavy atom. The summed E-state index contributed by atoms with van der Waals surface area (Å²) >= 11 is 0. The number of rotatable bonds is 4. The Morgan fingerprint density at radius 3 is 2.85 bits per heavy atom. The second-order valence-electron chi connectivity index (χ2n) is 5.79. The van der Waals surface area contributed by atoms with Gasteiger partial charge in [-0.3, -0.25) is 4.79 Å². The molecule has 0 radical (unpaired) electrons. The third-order valence-corrected chi connectivity index (χ3v) is 5.72. The van der Waals surface area contributed by atoms with E-state index in [1.54, 1.807) is 0 Å². The minimum Gasteiger partial charge on any atom is -0.469 e. The molecule has 0 amide bonds. The zero-order chi connectivity index (χ0) is 14.8. The van der Waals surface area contributed by atoms with Crippen molar-refractivity contribution in [3.8, 4) is 0 Å². The number of ether oxygens (including phenoxy) is 3. The molecule has 0 aromatic heterocycles. The zero-order valence-corrected chi connectivity index (χ0v) is 12.8. The van der Waals surface area contributed by atoms with E-state index in [0.717, 1.165) is 6.42 Å². The van der Waals surface area contributed by atoms with Crippen molar-refractivity contribution in [2.45, 2.75) is 44.5 Å². The van der Waals surface area contributed by atoms with Gasteiger partial charge in [0.25, 0.3) is 0 Å². The monoisotopic (exact) mass is 306 g/mol. The van der Waals surface area contributed by atoms with E-state index in [4.69, 9.17) is 9.47 Å². The van der Waals surface area contributed by atoms with Gasteiger partial charge in [-0.15, -0.1) is 0 Å². The molecule has 3 unspecified atom stereocenters. The van der Waals surface area contributed by atoms with E-state index in [1.165, 1.54) is 7.11 Å². The lowest BCUT2D eigenvalue weighted by molar-refractivity contribution is -0.169. The van der Waals surface area contributed by atoms with Crippen molar-refractivity contribution in [3.05, 3.63) is 0 Å². The fourth-order valence-electron chi connectivity index (χ4n) is 2.97. The summed E-state index contributed by atoms with van der Waals surface area (Å²) in [5.74, 6) is -0.571. The molecule has 6 nitrogen and oxygen atoms in total. The molecule has 2 aliphatic rings. The van der Waals surface area contributed by atoms with Gasteiger partial charge in [0, 0.05) is 6.42 Å². The highest BCUT2D eigenvalue weighted by Crippen LogP contribution is 2.34. The second-order valence-corrected chi connectivity index (χ2v) is 8.02. The van der Waals surface area contributed by atoms with E-state index in [1.807, 2.05) is 6.92 Å². The average molecular weight is 306 g/mol. The maximum atomic E-state index is 11.6. The van der Waals surface area contributed by atoms with Gasteiger partial charge in [0.05, 0.1) is 37.7 Å². The zero-order valence-electron chi connectivity index (χ0n) is 12.0. The lowest BCUT2D eigenvalue weighted by atomic mass is 9.97. The van der Waals surface area contributed by atoms with Crippen molar-refractivity contribution in [1.29, 1.82) is 0 Å². The van der Waals surface area contributed by atoms with Gasteiger partial charge < -0.3 is 14.2 Å². The first-order chi connectivity index (χ1) is 9.32. The first-order valence-electron chi connectivity index (χ1n) is 6.91. The molecule has 7 heteroatoms. The standard InChI is InChI=1S/C13H22O6S/c1-13(7-10-4-3-5-20(15,16)9-10)18-8-11(19-13)6-12(14)17-2/h10-11H,3-9H2,1-2H3. The van der Waals surface area contributed by atoms with Crippen molar-refractivity contribution in [1.82, 2.24) is 0 Å². The molecule has 0 saturated carbocycles. The van der Waals surface area contributed by atoms with E-state index in [-0.39, 0.29) is 35.9 Å². The molecule has 2 saturated heterocycles. The Labute approximate surface area is 119 Å². The number of carbonyl (C=O) groups excluding carboxylic acids is 1. The number of sulfone groups is 1. The quantitative estimate of drug-likeness (QED) is 0.718. The van der Waals surface area contributed by atoms with Gasteiger partial charge in [-0.2, -0.15) is 0 Å². The lowest BCUT2D eigenvalue weighted by Crippen LogP contribution is -2.35. The molecular formula is C13H22O6S. The van der Waals surface area contributed by atoms with Crippen LogP contribution in [-0.2, 0) is 28.8 Å². The molecule has 0 spiro atoms. The Morgan fingerprint density at radius 1 is 1.45 bits per heavy atom. The maximum Gasteiger partial charge on any atom is 0.308 e. The van der Waals surface area contributed by atoms with Crippen LogP contribution in [0.1, 0.15) is 32.6 Å². The lowest BCUT2D eigenvalue weighted by Gasteiger charge is -2.30. The molecule has 3 atom stereocenters. The molecule has 2 heterocycles. The van der Waals surface area contributed by atoms with Gasteiger partial charge in [0.15, 0.2) is 15.6 Å². The predicted molar refractivity (Wildman–Crippen MR) is 71.9 cm³/mol. The number of methoxy groups -OCH3 is 1. The van der Waals surface area contributed by atoms with Crippen LogP contribution in [0.15, 0.2) is 0 Å². The summed E-state index contributed by atoms with van der Waals surface area (Å²) in [5.41, 5.74) is 0. The molecule has 116 valence electrons. The summed E-state index contributed by atoms with van der Waals surface area (Å²) in [4.78, 5) is 11.2. The molecule has 0 aromatic rings. The molecule has 20 heavy (non-hydrogen) atoms. The molecule has 0 bridgehead atoms. The van der Waals surface area contributed by atoms with E-state index >= 15 is 0 Å². The smallest absolute Gasteiger partial charge is 0.308 e. The van der Waals surface area contributed by atoms with Crippen LogP contribution in [-0.4, -0.2) is 51.5 Å². The first-order valence-corrected chi connectivity index (χ1v) is 8.73. The van der Waals surface area contributed by atoms with Gasteiger partial charge >= 0.3 is 5.97 Å². The van der Waals surface area contributed by atoms with Crippen molar-refractivity contribution in [3.63, 3.8) is 0 Å². The van der Waals surface area contributed by atoms with Crippen LogP contribution >= 0.6 is 0 Å². The van der Waals surface area contributed by atoms with Gasteiger partial charge in [0.2, 0.25) is 0 Å². The van der Waals surface area contributed by atoms with E-state index in [9.17, 15) is 13.2 Å². The number of carbonyl (C=O) groups is 1. The summed E-state index contributed by atoms with van der Waals surface area (Å²) in [6.45, 7) is 2.15. The van der Waals surface area contributed by atoms with Gasteiger partial charge in [-0.25, -0.2) is 8.42 Å². The topological polar surface area (TPSA) is 78.9 Å². The second kappa shape index (κ2) is 5.99. The van der Waals surface area contributed by atoms with Crippen molar-refractivity contribution in [2.75, 3.05) is 25.2 Å². The largest absolute Gasteiger partial charge is 0.469 e. The first kappa shape index (κ1) is 15.7. The molecule has 0 aromatic carbocycles. The van der Waals surface area contributed by atoms with Crippen LogP contribution in [0, 0.1) is 5.92 Å². The van der Waals surface area contributed by atoms with Gasteiger partial charge in [0.1, 0.15) is 0 Å². The third-order valence-electron chi connectivity index (χ3n) is 3.83. The van der Waals surface area contributed by atoms with Crippen LogP contribution in [0.2, 0.25) is 0 Å². The van der Waals surface area contributed by atoms with Crippen LogP contribution in [0.25, 0.3) is 0 Å². The fourth-order valence-corrected chi connectivity index (χ4v) is 4.75. The maximum absolute atomic E-state index is 11.6. The van der Waals surface area contributed by atoms with Gasteiger partial charge in [-0.1, -0.05) is 0 Å². The Bertz CT molecular complexity index is 459. The van der Waals surface area contributed by atoms with Crippen LogP contribution < -0.4 is 0 Å². The summed E-state index contributed by atoms with van der Waals surface area (Å²) in [6.07, 6.45) is 1.98.